The van der Waals surface area contributed by atoms with Gasteiger partial charge in [0.2, 0.25) is 15.9 Å². The highest BCUT2D eigenvalue weighted by Gasteiger charge is 2.33. The molecule has 1 aliphatic heterocycles. The SMILES string of the molecule is NC(=O)c1ccc(OC2CCN(S(=O)(=O)c3ccc4ccccc4c3)C2)cc1. The van der Waals surface area contributed by atoms with Crippen molar-refractivity contribution in [3.8, 4) is 5.75 Å². The Labute approximate surface area is 163 Å². The van der Waals surface area contributed by atoms with Crippen molar-refractivity contribution in [2.24, 2.45) is 5.73 Å². The number of sulfonamides is 1. The molecule has 3 aromatic carbocycles. The smallest absolute Gasteiger partial charge is 0.248 e. The normalized spacial score (nSPS) is 17.6. The maximum Gasteiger partial charge on any atom is 0.248 e. The molecule has 144 valence electrons. The zero-order chi connectivity index (χ0) is 19.7. The molecule has 1 amide bonds. The molecule has 3 aromatic rings. The second-order valence-corrected chi connectivity index (χ2v) is 8.73. The Morgan fingerprint density at radius 1 is 1.00 bits per heavy atom. The first-order valence-electron chi connectivity index (χ1n) is 8.99. The Morgan fingerprint density at radius 2 is 1.71 bits per heavy atom. The molecule has 0 radical (unpaired) electrons. The molecule has 0 bridgehead atoms. The van der Waals surface area contributed by atoms with Crippen LogP contribution < -0.4 is 10.5 Å². The summed E-state index contributed by atoms with van der Waals surface area (Å²) in [7, 11) is -3.58. The predicted molar refractivity (Wildman–Crippen MR) is 107 cm³/mol. The van der Waals surface area contributed by atoms with Gasteiger partial charge in [-0.15, -0.1) is 0 Å². The molecule has 1 aliphatic rings. The van der Waals surface area contributed by atoms with Crippen LogP contribution in [0.2, 0.25) is 0 Å². The number of benzene rings is 3. The van der Waals surface area contributed by atoms with Crippen molar-refractivity contribution in [1.82, 2.24) is 4.31 Å². The Bertz CT molecular complexity index is 1130. The number of carbonyl (C=O) groups excluding carboxylic acids is 1. The van der Waals surface area contributed by atoms with Gasteiger partial charge < -0.3 is 10.5 Å². The number of nitrogens with zero attached hydrogens (tertiary/aromatic N) is 1. The van der Waals surface area contributed by atoms with E-state index in [0.29, 0.717) is 24.3 Å². The van der Waals surface area contributed by atoms with E-state index in [1.54, 1.807) is 36.4 Å². The first-order chi connectivity index (χ1) is 13.4. The molecule has 0 saturated carbocycles. The van der Waals surface area contributed by atoms with Gasteiger partial charge in [-0.1, -0.05) is 30.3 Å². The molecule has 4 rings (SSSR count). The van der Waals surface area contributed by atoms with Crippen LogP contribution >= 0.6 is 0 Å². The van der Waals surface area contributed by atoms with E-state index < -0.39 is 15.9 Å². The van der Waals surface area contributed by atoms with Gasteiger partial charge in [0.25, 0.3) is 0 Å². The van der Waals surface area contributed by atoms with Crippen LogP contribution in [0.4, 0.5) is 0 Å². The molecule has 1 unspecified atom stereocenters. The number of ether oxygens (including phenoxy) is 1. The fourth-order valence-corrected chi connectivity index (χ4v) is 4.90. The minimum absolute atomic E-state index is 0.241. The van der Waals surface area contributed by atoms with Crippen LogP contribution in [-0.4, -0.2) is 37.8 Å². The number of fused-ring (bicyclic) bond motifs is 1. The number of nitrogens with two attached hydrogens (primary N) is 1. The van der Waals surface area contributed by atoms with Gasteiger partial charge in [0.05, 0.1) is 11.4 Å². The van der Waals surface area contributed by atoms with Gasteiger partial charge in [-0.2, -0.15) is 4.31 Å². The Balaban J connectivity index is 1.48. The molecular formula is C21H20N2O4S. The van der Waals surface area contributed by atoms with Crippen LogP contribution in [0.3, 0.4) is 0 Å². The Morgan fingerprint density at radius 3 is 2.43 bits per heavy atom. The number of rotatable bonds is 5. The molecule has 0 spiro atoms. The van der Waals surface area contributed by atoms with Crippen LogP contribution in [0, 0.1) is 0 Å². The molecule has 0 aromatic heterocycles. The van der Waals surface area contributed by atoms with Gasteiger partial charge in [-0.05, 0) is 53.6 Å². The van der Waals surface area contributed by atoms with E-state index in [0.717, 1.165) is 10.8 Å². The molecule has 2 N–H and O–H groups in total. The van der Waals surface area contributed by atoms with Crippen molar-refractivity contribution in [1.29, 1.82) is 0 Å². The first kappa shape index (κ1) is 18.5. The number of primary amides is 1. The number of hydrogen-bond acceptors (Lipinski definition) is 4. The highest BCUT2D eigenvalue weighted by molar-refractivity contribution is 7.89. The molecule has 1 fully saturated rings. The zero-order valence-electron chi connectivity index (χ0n) is 15.1. The molecule has 7 heteroatoms. The maximum absolute atomic E-state index is 13.0. The summed E-state index contributed by atoms with van der Waals surface area (Å²) in [4.78, 5) is 11.4. The summed E-state index contributed by atoms with van der Waals surface area (Å²) < 4.78 is 33.4. The van der Waals surface area contributed by atoms with Crippen LogP contribution in [-0.2, 0) is 10.0 Å². The highest BCUT2D eigenvalue weighted by Crippen LogP contribution is 2.26. The number of carbonyl (C=O) groups is 1. The summed E-state index contributed by atoms with van der Waals surface area (Å²) in [6.07, 6.45) is 0.361. The van der Waals surface area contributed by atoms with E-state index in [9.17, 15) is 13.2 Å². The van der Waals surface area contributed by atoms with E-state index in [-0.39, 0.29) is 17.5 Å². The van der Waals surface area contributed by atoms with Crippen molar-refractivity contribution in [3.63, 3.8) is 0 Å². The average Bonchev–Trinajstić information content (AvgIpc) is 3.17. The monoisotopic (exact) mass is 396 g/mol. The third-order valence-electron chi connectivity index (χ3n) is 4.91. The summed E-state index contributed by atoms with van der Waals surface area (Å²) in [5, 5.41) is 1.90. The fourth-order valence-electron chi connectivity index (χ4n) is 3.38. The van der Waals surface area contributed by atoms with Crippen molar-refractivity contribution in [2.75, 3.05) is 13.1 Å². The fraction of sp³-hybridized carbons (Fsp3) is 0.190. The van der Waals surface area contributed by atoms with E-state index in [2.05, 4.69) is 0 Å². The lowest BCUT2D eigenvalue weighted by atomic mass is 10.1. The van der Waals surface area contributed by atoms with Gasteiger partial charge >= 0.3 is 0 Å². The van der Waals surface area contributed by atoms with Crippen molar-refractivity contribution >= 4 is 26.7 Å². The van der Waals surface area contributed by atoms with Crippen molar-refractivity contribution in [3.05, 3.63) is 72.3 Å². The van der Waals surface area contributed by atoms with Gasteiger partial charge in [0, 0.05) is 12.1 Å². The zero-order valence-corrected chi connectivity index (χ0v) is 15.9. The lowest BCUT2D eigenvalue weighted by Gasteiger charge is -2.18. The van der Waals surface area contributed by atoms with Gasteiger partial charge in [0.1, 0.15) is 11.9 Å². The van der Waals surface area contributed by atoms with Crippen molar-refractivity contribution in [2.45, 2.75) is 17.4 Å². The lowest BCUT2D eigenvalue weighted by molar-refractivity contribution is 0.1000. The lowest BCUT2D eigenvalue weighted by Crippen LogP contribution is -2.31. The summed E-state index contributed by atoms with van der Waals surface area (Å²) in [5.41, 5.74) is 5.63. The second-order valence-electron chi connectivity index (χ2n) is 6.79. The van der Waals surface area contributed by atoms with E-state index in [4.69, 9.17) is 10.5 Å². The standard InChI is InChI=1S/C21H20N2O4S/c22-21(24)16-5-8-18(9-6-16)27-19-11-12-23(14-19)28(25,26)20-10-7-15-3-1-2-4-17(15)13-20/h1-10,13,19H,11-12,14H2,(H2,22,24). The topological polar surface area (TPSA) is 89.7 Å². The second kappa shape index (κ2) is 7.26. The number of hydrogen-bond donors (Lipinski definition) is 1. The highest BCUT2D eigenvalue weighted by atomic mass is 32.2. The van der Waals surface area contributed by atoms with Crippen LogP contribution in [0.25, 0.3) is 10.8 Å². The molecule has 1 saturated heterocycles. The first-order valence-corrected chi connectivity index (χ1v) is 10.4. The van der Waals surface area contributed by atoms with Crippen LogP contribution in [0.5, 0.6) is 5.75 Å². The molecular weight excluding hydrogens is 376 g/mol. The largest absolute Gasteiger partial charge is 0.489 e. The van der Waals surface area contributed by atoms with Gasteiger partial charge in [-0.3, -0.25) is 4.79 Å². The van der Waals surface area contributed by atoms with Crippen LogP contribution in [0.1, 0.15) is 16.8 Å². The van der Waals surface area contributed by atoms with Gasteiger partial charge in [0.15, 0.2) is 0 Å². The maximum atomic E-state index is 13.0. The summed E-state index contributed by atoms with van der Waals surface area (Å²) in [6, 6.07) is 19.4. The average molecular weight is 396 g/mol. The summed E-state index contributed by atoms with van der Waals surface area (Å²) >= 11 is 0. The van der Waals surface area contributed by atoms with Crippen molar-refractivity contribution < 1.29 is 17.9 Å². The molecule has 1 heterocycles. The van der Waals surface area contributed by atoms with Gasteiger partial charge in [-0.25, -0.2) is 8.42 Å². The Hall–Kier alpha value is -2.90. The molecule has 0 aliphatic carbocycles. The summed E-state index contributed by atoms with van der Waals surface area (Å²) in [6.45, 7) is 0.686. The molecule has 1 atom stereocenters. The molecule has 6 nitrogen and oxygen atoms in total. The van der Waals surface area contributed by atoms with E-state index in [1.807, 2.05) is 30.3 Å². The third-order valence-corrected chi connectivity index (χ3v) is 6.77. The minimum Gasteiger partial charge on any atom is -0.489 e. The van der Waals surface area contributed by atoms with Crippen LogP contribution in [0.15, 0.2) is 71.6 Å². The third kappa shape index (κ3) is 3.58. The Kier molecular flexibility index (Phi) is 4.78. The predicted octanol–water partition coefficient (Wildman–Crippen LogP) is 2.78. The minimum atomic E-state index is -3.58. The quantitative estimate of drug-likeness (QED) is 0.718. The number of amides is 1. The van der Waals surface area contributed by atoms with E-state index >= 15 is 0 Å². The molecule has 28 heavy (non-hydrogen) atoms. The summed E-state index contributed by atoms with van der Waals surface area (Å²) in [5.74, 6) is 0.0834. The van der Waals surface area contributed by atoms with E-state index in [1.165, 1.54) is 4.31 Å².